The minimum atomic E-state index is -0.202. The molecule has 0 saturated heterocycles. The molecule has 4 N–H and O–H groups in total. The molecule has 10 heteroatoms. The second kappa shape index (κ2) is 13.3. The number of rotatable bonds is 5. The minimum Gasteiger partial charge on any atom is -0.392 e. The minimum absolute atomic E-state index is 0. The molecule has 0 aliphatic heterocycles. The first-order chi connectivity index (χ1) is 17.8. The van der Waals surface area contributed by atoms with Gasteiger partial charge in [-0.2, -0.15) is 53.1 Å². The molecule has 0 radical (unpaired) electrons. The quantitative estimate of drug-likeness (QED) is 0.113. The Balaban J connectivity index is 0.000000435. The summed E-state index contributed by atoms with van der Waals surface area (Å²) in [6.45, 7) is 6.00. The average molecular weight is 769 g/mol. The van der Waals surface area contributed by atoms with E-state index in [4.69, 9.17) is 17.3 Å². The Morgan fingerprint density at radius 2 is 2.00 bits per heavy atom. The summed E-state index contributed by atoms with van der Waals surface area (Å²) >= 11 is 5.51. The van der Waals surface area contributed by atoms with Crippen LogP contribution in [0.2, 0.25) is 5.02 Å². The molecule has 5 aromatic rings. The summed E-state index contributed by atoms with van der Waals surface area (Å²) in [5.74, 6) is 0.0779. The van der Waals surface area contributed by atoms with E-state index in [2.05, 4.69) is 56.7 Å². The monoisotopic (exact) mass is 768 g/mol. The predicted molar refractivity (Wildman–Crippen MR) is 155 cm³/mol. The zero-order valence-corrected chi connectivity index (χ0v) is 27.2. The molecule has 1 atom stereocenters. The van der Waals surface area contributed by atoms with Crippen LogP contribution in [-0.4, -0.2) is 37.2 Å². The number of hydrogen-bond donors (Lipinski definition) is 3. The van der Waals surface area contributed by atoms with Gasteiger partial charge in [0, 0.05) is 16.6 Å². The molecule has 0 spiro atoms. The first-order valence-electron chi connectivity index (χ1n) is 11.5. The second-order valence-corrected chi connectivity index (χ2v) is 10.6. The maximum Gasteiger partial charge on any atom is 2.00 e. The normalized spacial score (nSPS) is 11.4. The number of aromatic nitrogens is 4. The van der Waals surface area contributed by atoms with Gasteiger partial charge in [-0.25, -0.2) is 4.68 Å². The number of nitrogen functional groups attached to an aromatic ring is 1. The Bertz CT molecular complexity index is 1600. The van der Waals surface area contributed by atoms with Gasteiger partial charge in [0.25, 0.3) is 0 Å². The molecular formula is C28H27ClN6OSU. The summed E-state index contributed by atoms with van der Waals surface area (Å²) in [5, 5.41) is 8.14. The largest absolute Gasteiger partial charge is 2.00 e. The Labute approximate surface area is 253 Å². The maximum atomic E-state index is 13.2. The standard InChI is InChI=1S/C22H23N6OS.C6H4Cl.U/c1-5-30(4)27-17-10-18-15(8-14(17)3)9-19(26-18)21(29)16-11-25-28(22(16)23)20-12-24-7-6-13(20)2;7-6-4-2-1-3-5-6;/h5-6,8-12,26-27H,23H2,1-4H3;1-2,4-5H;/q2*-1;+2. The number of pyridine rings is 1. The van der Waals surface area contributed by atoms with Gasteiger partial charge in [-0.15, -0.1) is 16.2 Å². The number of hydrogen-bond acceptors (Lipinski definition) is 5. The first-order valence-corrected chi connectivity index (χ1v) is 13.5. The van der Waals surface area contributed by atoms with Crippen LogP contribution in [0.5, 0.6) is 0 Å². The number of aryl methyl sites for hydroxylation is 2. The fraction of sp³-hybridized carbons (Fsp3) is 0.143. The summed E-state index contributed by atoms with van der Waals surface area (Å²) in [7, 11) is -0.0242. The van der Waals surface area contributed by atoms with Crippen LogP contribution in [0.25, 0.3) is 16.6 Å². The van der Waals surface area contributed by atoms with E-state index in [1.54, 1.807) is 18.3 Å². The Morgan fingerprint density at radius 1 is 1.21 bits per heavy atom. The van der Waals surface area contributed by atoms with Crippen LogP contribution in [0.1, 0.15) is 34.1 Å². The molecule has 192 valence electrons. The van der Waals surface area contributed by atoms with E-state index in [0.29, 0.717) is 11.3 Å². The number of anilines is 2. The number of nitrogens with two attached hydrogens (primary N) is 1. The van der Waals surface area contributed by atoms with Crippen molar-refractivity contribution in [2.24, 2.45) is 0 Å². The van der Waals surface area contributed by atoms with Gasteiger partial charge in [-0.05, 0) is 54.9 Å². The predicted octanol–water partition coefficient (Wildman–Crippen LogP) is 6.17. The molecule has 3 heterocycles. The number of ketones is 1. The Hall–Kier alpha value is -2.83. The van der Waals surface area contributed by atoms with Gasteiger partial charge in [0.1, 0.15) is 5.82 Å². The van der Waals surface area contributed by atoms with Crippen LogP contribution in [-0.2, 0) is 0 Å². The fourth-order valence-electron chi connectivity index (χ4n) is 3.63. The van der Waals surface area contributed by atoms with E-state index < -0.39 is 0 Å². The summed E-state index contributed by atoms with van der Waals surface area (Å²) in [5.41, 5.74) is 11.8. The van der Waals surface area contributed by atoms with E-state index in [1.165, 1.54) is 10.9 Å². The number of benzene rings is 2. The number of nitrogens with one attached hydrogen (secondary N) is 2. The third-order valence-electron chi connectivity index (χ3n) is 5.73. The zero-order chi connectivity index (χ0) is 26.5. The molecule has 3 aromatic heterocycles. The summed E-state index contributed by atoms with van der Waals surface area (Å²) < 4.78 is 5.01. The van der Waals surface area contributed by atoms with Crippen LogP contribution in [0.15, 0.2) is 60.9 Å². The van der Waals surface area contributed by atoms with Gasteiger partial charge in [-0.1, -0.05) is 24.3 Å². The molecule has 2 aromatic carbocycles. The fourth-order valence-corrected chi connectivity index (χ4v) is 4.45. The SMILES string of the molecule is C/C=S(/C)Nc1cc2[nH]c(C(=O)c3cnn(-c4cn[c-]cc4C)c3N)cc2cc1C.Clc1c[c-]ccc1.[U+2]. The average Bonchev–Trinajstić information content (AvgIpc) is 3.48. The van der Waals surface area contributed by atoms with E-state index in [1.807, 2.05) is 44.2 Å². The summed E-state index contributed by atoms with van der Waals surface area (Å²) in [6, 6.07) is 17.7. The number of halogens is 1. The number of carbonyl (C=O) groups excluding carboxylic acids is 1. The van der Waals surface area contributed by atoms with Gasteiger partial charge in [0.15, 0.2) is 0 Å². The molecule has 5 rings (SSSR count). The van der Waals surface area contributed by atoms with Crippen LogP contribution >= 0.6 is 22.3 Å². The van der Waals surface area contributed by atoms with Gasteiger partial charge in [0.05, 0.1) is 17.5 Å². The third-order valence-corrected chi connectivity index (χ3v) is 7.21. The molecule has 7 nitrogen and oxygen atoms in total. The number of nitrogens with zero attached hydrogens (tertiary/aromatic N) is 3. The molecule has 0 fully saturated rings. The van der Waals surface area contributed by atoms with E-state index >= 15 is 0 Å². The second-order valence-electron chi connectivity index (χ2n) is 8.34. The summed E-state index contributed by atoms with van der Waals surface area (Å²) in [6.07, 6.45) is 8.02. The van der Waals surface area contributed by atoms with Crippen molar-refractivity contribution in [1.29, 1.82) is 0 Å². The zero-order valence-electron chi connectivity index (χ0n) is 21.5. The maximum absolute atomic E-state index is 13.2. The molecule has 0 aliphatic carbocycles. The van der Waals surface area contributed by atoms with E-state index in [0.717, 1.165) is 38.4 Å². The van der Waals surface area contributed by atoms with Crippen molar-refractivity contribution >= 4 is 55.8 Å². The smallest absolute Gasteiger partial charge is 0.392 e. The molecule has 38 heavy (non-hydrogen) atoms. The molecule has 1 unspecified atom stereocenters. The van der Waals surface area contributed by atoms with Crippen molar-refractivity contribution < 1.29 is 35.9 Å². The van der Waals surface area contributed by atoms with Crippen molar-refractivity contribution in [2.45, 2.75) is 20.8 Å². The van der Waals surface area contributed by atoms with Crippen molar-refractivity contribution in [3.63, 3.8) is 0 Å². The van der Waals surface area contributed by atoms with E-state index in [-0.39, 0.29) is 53.4 Å². The summed E-state index contributed by atoms with van der Waals surface area (Å²) in [4.78, 5) is 20.4. The molecule has 0 bridgehead atoms. The Morgan fingerprint density at radius 3 is 2.63 bits per heavy atom. The van der Waals surface area contributed by atoms with Crippen molar-refractivity contribution in [3.05, 3.63) is 101 Å². The van der Waals surface area contributed by atoms with Crippen LogP contribution < -0.4 is 10.5 Å². The van der Waals surface area contributed by atoms with Crippen molar-refractivity contribution in [2.75, 3.05) is 16.7 Å². The van der Waals surface area contributed by atoms with Crippen LogP contribution in [0.4, 0.5) is 11.5 Å². The van der Waals surface area contributed by atoms with E-state index in [9.17, 15) is 4.79 Å². The van der Waals surface area contributed by atoms with Gasteiger partial charge in [0.2, 0.25) is 5.78 Å². The van der Waals surface area contributed by atoms with Crippen LogP contribution in [0, 0.1) is 57.2 Å². The number of carbonyl (C=O) groups is 1. The van der Waals surface area contributed by atoms with Crippen molar-refractivity contribution in [3.8, 4) is 5.69 Å². The molecule has 0 amide bonds. The molecule has 0 aliphatic rings. The third kappa shape index (κ3) is 6.78. The topological polar surface area (TPSA) is 102 Å². The van der Waals surface area contributed by atoms with Gasteiger partial charge < -0.3 is 20.4 Å². The number of aromatic amines is 1. The Kier molecular flexibility index (Phi) is 10.4. The van der Waals surface area contributed by atoms with Gasteiger partial charge in [-0.3, -0.25) is 4.79 Å². The number of fused-ring (bicyclic) bond motifs is 1. The molecule has 0 saturated carbocycles. The molecular weight excluding hydrogens is 742 g/mol. The van der Waals surface area contributed by atoms with Gasteiger partial charge >= 0.3 is 31.1 Å². The number of H-pyrrole nitrogens is 1. The van der Waals surface area contributed by atoms with Crippen molar-refractivity contribution in [1.82, 2.24) is 19.7 Å². The van der Waals surface area contributed by atoms with Crippen LogP contribution in [0.3, 0.4) is 0 Å². The first kappa shape index (κ1) is 29.7.